The van der Waals surface area contributed by atoms with Crippen molar-refractivity contribution < 1.29 is 13.7 Å². The maximum absolute atomic E-state index is 15.8. The molecule has 0 bridgehead atoms. The number of benzene rings is 2. The van der Waals surface area contributed by atoms with Gasteiger partial charge < -0.3 is 29.7 Å². The van der Waals surface area contributed by atoms with Crippen LogP contribution in [0.15, 0.2) is 47.3 Å². The molecule has 2 N–H and O–H groups in total. The molecule has 1 aliphatic carbocycles. The SMILES string of the molecule is CP(C)(=O)c1c(Nc2nc(Nc3cc(F)c4c(c3)OCC3CN(C5CCN(C6CC6)CC5)CCN43)ncc2Br)ccc2nccnc12. The minimum atomic E-state index is -2.77. The highest BCUT2D eigenvalue weighted by Crippen LogP contribution is 2.43. The zero-order chi connectivity index (χ0) is 32.3. The van der Waals surface area contributed by atoms with Crippen molar-refractivity contribution in [1.82, 2.24) is 29.7 Å². The first kappa shape index (κ1) is 30.9. The lowest BCUT2D eigenvalue weighted by atomic mass is 9.99. The summed E-state index contributed by atoms with van der Waals surface area (Å²) in [7, 11) is -2.77. The summed E-state index contributed by atoms with van der Waals surface area (Å²) in [6.45, 7) is 8.94. The van der Waals surface area contributed by atoms with E-state index in [0.717, 1.165) is 25.7 Å². The second kappa shape index (κ2) is 12.3. The average molecular weight is 723 g/mol. The highest BCUT2D eigenvalue weighted by atomic mass is 79.9. The van der Waals surface area contributed by atoms with Gasteiger partial charge in [0.2, 0.25) is 5.95 Å². The van der Waals surface area contributed by atoms with Crippen LogP contribution in [-0.4, -0.2) is 101 Å². The van der Waals surface area contributed by atoms with E-state index in [1.54, 1.807) is 31.9 Å². The Balaban J connectivity index is 0.984. The third-order valence-electron chi connectivity index (χ3n) is 9.75. The van der Waals surface area contributed by atoms with E-state index in [1.807, 2.05) is 18.2 Å². The summed E-state index contributed by atoms with van der Waals surface area (Å²) in [5, 5.41) is 7.05. The normalized spacial score (nSPS) is 20.9. The molecule has 11 nitrogen and oxygen atoms in total. The zero-order valence-electron chi connectivity index (χ0n) is 26.5. The fourth-order valence-corrected chi connectivity index (χ4v) is 9.05. The number of ether oxygens (including phenoxy) is 1. The molecule has 0 spiro atoms. The Morgan fingerprint density at radius 1 is 0.936 bits per heavy atom. The van der Waals surface area contributed by atoms with Crippen LogP contribution >= 0.6 is 23.1 Å². The van der Waals surface area contributed by atoms with E-state index in [1.165, 1.54) is 44.8 Å². The number of nitrogens with one attached hydrogen (secondary N) is 2. The fraction of sp³-hybridized carbons (Fsp3) is 0.455. The summed E-state index contributed by atoms with van der Waals surface area (Å²) in [5.41, 5.74) is 2.88. The van der Waals surface area contributed by atoms with Crippen molar-refractivity contribution in [3.63, 3.8) is 0 Å². The molecule has 0 radical (unpaired) electrons. The van der Waals surface area contributed by atoms with Gasteiger partial charge in [-0.05, 0) is 86.2 Å². The molecule has 3 aliphatic heterocycles. The molecule has 5 heterocycles. The fourth-order valence-electron chi connectivity index (χ4n) is 7.36. The number of fused-ring (bicyclic) bond motifs is 4. The van der Waals surface area contributed by atoms with Crippen molar-refractivity contribution in [3.8, 4) is 5.75 Å². The molecule has 246 valence electrons. The molecule has 2 aromatic heterocycles. The summed E-state index contributed by atoms with van der Waals surface area (Å²) >= 11 is 3.53. The lowest BCUT2D eigenvalue weighted by molar-refractivity contribution is 0.0764. The maximum atomic E-state index is 15.8. The summed E-state index contributed by atoms with van der Waals surface area (Å²) in [6, 6.07) is 8.52. The number of hydrogen-bond acceptors (Lipinski definition) is 11. The van der Waals surface area contributed by atoms with Gasteiger partial charge in [-0.3, -0.25) is 14.9 Å². The summed E-state index contributed by atoms with van der Waals surface area (Å²) in [4.78, 5) is 25.4. The molecule has 2 aromatic carbocycles. The van der Waals surface area contributed by atoms with Crippen LogP contribution in [0.2, 0.25) is 0 Å². The molecule has 1 unspecified atom stereocenters. The van der Waals surface area contributed by atoms with E-state index in [9.17, 15) is 4.57 Å². The standard InChI is InChI=1S/C33H38BrFN9O2P/c1-47(2,45)31-27(6-5-26-29(31)37-10-9-36-26)40-32-24(34)17-38-33(41-32)39-20-15-25(35)30-28(16-20)46-19-23-18-43(13-14-44(23)30)22-7-11-42(12-8-22)21-3-4-21/h5-6,9-10,15-17,21-23H,3-4,7-8,11-14,18-19H2,1-2H3,(H2,38,39,40,41). The minimum absolute atomic E-state index is 0.127. The Labute approximate surface area is 281 Å². The highest BCUT2D eigenvalue weighted by Gasteiger charge is 2.39. The zero-order valence-corrected chi connectivity index (χ0v) is 29.0. The largest absolute Gasteiger partial charge is 0.489 e. The first-order chi connectivity index (χ1) is 22.7. The van der Waals surface area contributed by atoms with Crippen LogP contribution in [-0.2, 0) is 4.57 Å². The summed E-state index contributed by atoms with van der Waals surface area (Å²) < 4.78 is 36.0. The molecule has 0 amide bonds. The Kier molecular flexibility index (Phi) is 8.06. The quantitative estimate of drug-likeness (QED) is 0.234. The predicted molar refractivity (Wildman–Crippen MR) is 187 cm³/mol. The molecule has 1 saturated carbocycles. The molecule has 1 atom stereocenters. The van der Waals surface area contributed by atoms with Crippen LogP contribution in [0.5, 0.6) is 5.75 Å². The molecular formula is C33H38BrFN9O2P. The van der Waals surface area contributed by atoms with E-state index >= 15 is 4.39 Å². The number of aromatic nitrogens is 4. The highest BCUT2D eigenvalue weighted by molar-refractivity contribution is 9.10. The van der Waals surface area contributed by atoms with Crippen LogP contribution in [0.3, 0.4) is 0 Å². The Morgan fingerprint density at radius 3 is 2.51 bits per heavy atom. The second-order valence-corrected chi connectivity index (χ2v) is 17.3. The van der Waals surface area contributed by atoms with Gasteiger partial charge in [0.1, 0.15) is 36.5 Å². The third kappa shape index (κ3) is 6.19. The van der Waals surface area contributed by atoms with Gasteiger partial charge in [-0.1, -0.05) is 0 Å². The van der Waals surface area contributed by atoms with E-state index < -0.39 is 7.14 Å². The van der Waals surface area contributed by atoms with Gasteiger partial charge in [-0.2, -0.15) is 4.98 Å². The van der Waals surface area contributed by atoms with Crippen molar-refractivity contribution >= 4 is 68.2 Å². The molecule has 47 heavy (non-hydrogen) atoms. The number of piperazine rings is 1. The topological polar surface area (TPSA) is 112 Å². The smallest absolute Gasteiger partial charge is 0.229 e. The Bertz CT molecular complexity index is 1880. The van der Waals surface area contributed by atoms with Gasteiger partial charge >= 0.3 is 0 Å². The maximum Gasteiger partial charge on any atom is 0.229 e. The van der Waals surface area contributed by atoms with E-state index in [0.29, 0.717) is 62.1 Å². The second-order valence-electron chi connectivity index (χ2n) is 13.3. The van der Waals surface area contributed by atoms with Crippen molar-refractivity contribution in [2.75, 3.05) is 68.2 Å². The van der Waals surface area contributed by atoms with Gasteiger partial charge in [-0.15, -0.1) is 0 Å². The van der Waals surface area contributed by atoms with E-state index in [-0.39, 0.29) is 17.8 Å². The number of nitrogens with zero attached hydrogens (tertiary/aromatic N) is 7. The van der Waals surface area contributed by atoms with Gasteiger partial charge in [0.15, 0.2) is 5.82 Å². The molecule has 14 heteroatoms. The Hall–Kier alpha value is -3.38. The molecule has 4 aromatic rings. The molecule has 4 aliphatic rings. The van der Waals surface area contributed by atoms with Crippen LogP contribution in [0, 0.1) is 5.82 Å². The number of piperidine rings is 1. The van der Waals surface area contributed by atoms with Crippen molar-refractivity contribution in [3.05, 3.63) is 53.1 Å². The van der Waals surface area contributed by atoms with Crippen LogP contribution in [0.25, 0.3) is 11.0 Å². The first-order valence-electron chi connectivity index (χ1n) is 16.3. The number of halogens is 2. The average Bonchev–Trinajstić information content (AvgIpc) is 3.91. The number of rotatable bonds is 7. The predicted octanol–water partition coefficient (Wildman–Crippen LogP) is 5.57. The number of hydrogen-bond donors (Lipinski definition) is 2. The Morgan fingerprint density at radius 2 is 1.72 bits per heavy atom. The van der Waals surface area contributed by atoms with Crippen LogP contribution in [0.4, 0.5) is 33.2 Å². The van der Waals surface area contributed by atoms with Crippen LogP contribution < -0.4 is 25.6 Å². The molecule has 3 fully saturated rings. The van der Waals surface area contributed by atoms with E-state index in [4.69, 9.17) is 4.74 Å². The summed E-state index contributed by atoms with van der Waals surface area (Å²) in [5.74, 6) is 0.909. The number of likely N-dealkylation sites (tertiary alicyclic amines) is 1. The van der Waals surface area contributed by atoms with Gasteiger partial charge in [-0.25, -0.2) is 9.37 Å². The lowest BCUT2D eigenvalue weighted by Crippen LogP contribution is -2.60. The van der Waals surface area contributed by atoms with Crippen molar-refractivity contribution in [2.45, 2.75) is 43.8 Å². The monoisotopic (exact) mass is 721 g/mol. The van der Waals surface area contributed by atoms with Gasteiger partial charge in [0, 0.05) is 62.1 Å². The number of anilines is 5. The molecular weight excluding hydrogens is 684 g/mol. The van der Waals surface area contributed by atoms with Crippen molar-refractivity contribution in [1.29, 1.82) is 0 Å². The lowest BCUT2D eigenvalue weighted by Gasteiger charge is -2.49. The summed E-state index contributed by atoms with van der Waals surface area (Å²) in [6.07, 6.45) is 9.99. The minimum Gasteiger partial charge on any atom is -0.489 e. The van der Waals surface area contributed by atoms with Gasteiger partial charge in [0.05, 0.1) is 27.0 Å². The molecule has 2 saturated heterocycles. The third-order valence-corrected chi connectivity index (χ3v) is 11.9. The molecule has 8 rings (SSSR count). The van der Waals surface area contributed by atoms with Gasteiger partial charge in [0.25, 0.3) is 0 Å². The van der Waals surface area contributed by atoms with Crippen LogP contribution in [0.1, 0.15) is 25.7 Å². The van der Waals surface area contributed by atoms with Crippen molar-refractivity contribution in [2.24, 2.45) is 0 Å². The van der Waals surface area contributed by atoms with E-state index in [2.05, 4.69) is 61.2 Å². The first-order valence-corrected chi connectivity index (χ1v) is 19.7.